The van der Waals surface area contributed by atoms with Gasteiger partial charge in [0.05, 0.1) is 10.7 Å². The molecule has 2 nitrogen and oxygen atoms in total. The summed E-state index contributed by atoms with van der Waals surface area (Å²) in [5, 5.41) is 2.78. The van der Waals surface area contributed by atoms with Crippen LogP contribution in [0.15, 0.2) is 127 Å². The lowest BCUT2D eigenvalue weighted by molar-refractivity contribution is 0.332. The van der Waals surface area contributed by atoms with Crippen molar-refractivity contribution >= 4 is 78.0 Å². The molecule has 0 saturated carbocycles. The lowest BCUT2D eigenvalue weighted by atomic mass is 9.33. The van der Waals surface area contributed by atoms with Gasteiger partial charge in [0.1, 0.15) is 0 Å². The van der Waals surface area contributed by atoms with Crippen LogP contribution in [0.1, 0.15) is 181 Å². The highest BCUT2D eigenvalue weighted by atomic mass is 32.1. The largest absolute Gasteiger partial charge is 0.310 e. The van der Waals surface area contributed by atoms with Gasteiger partial charge in [-0.25, -0.2) is 0 Å². The van der Waals surface area contributed by atoms with E-state index in [2.05, 4.69) is 248 Å². The maximum Gasteiger partial charge on any atom is 0.254 e. The zero-order chi connectivity index (χ0) is 52.9. The van der Waals surface area contributed by atoms with Crippen molar-refractivity contribution in [2.75, 3.05) is 9.80 Å². The Morgan fingerprint density at radius 1 is 0.453 bits per heavy atom. The molecule has 0 spiro atoms. The Morgan fingerprint density at radius 3 is 1.60 bits per heavy atom. The predicted molar refractivity (Wildman–Crippen MR) is 327 cm³/mol. The van der Waals surface area contributed by atoms with Gasteiger partial charge in [0.15, 0.2) is 0 Å². The molecule has 8 aromatic rings. The van der Waals surface area contributed by atoms with Crippen molar-refractivity contribution in [1.29, 1.82) is 0 Å². The fraction of sp³-hybridized carbons (Fsp3) is 0.380. The molecule has 6 aliphatic rings. The molecule has 380 valence electrons. The molecule has 75 heavy (non-hydrogen) atoms. The van der Waals surface area contributed by atoms with Crippen LogP contribution in [-0.2, 0) is 37.9 Å². The lowest BCUT2D eigenvalue weighted by Crippen LogP contribution is -2.61. The van der Waals surface area contributed by atoms with E-state index in [-0.39, 0.29) is 44.6 Å². The van der Waals surface area contributed by atoms with Crippen LogP contribution in [0.2, 0.25) is 0 Å². The molecule has 5 heterocycles. The van der Waals surface area contributed by atoms with E-state index in [1.54, 1.807) is 0 Å². The highest BCUT2D eigenvalue weighted by Crippen LogP contribution is 2.57. The number of hydrogen-bond donors (Lipinski definition) is 0. The van der Waals surface area contributed by atoms with Gasteiger partial charge in [-0.3, -0.25) is 0 Å². The molecule has 4 bridgehead atoms. The maximum absolute atomic E-state index is 2.77. The minimum absolute atomic E-state index is 0.00549. The molecule has 0 unspecified atom stereocenters. The molecule has 0 fully saturated rings. The van der Waals surface area contributed by atoms with Crippen LogP contribution in [0.25, 0.3) is 32.3 Å². The van der Waals surface area contributed by atoms with Gasteiger partial charge in [-0.15, -0.1) is 11.3 Å². The highest BCUT2D eigenvalue weighted by Gasteiger charge is 2.49. The Labute approximate surface area is 453 Å². The second-order valence-electron chi connectivity index (χ2n) is 28.8. The van der Waals surface area contributed by atoms with Crippen LogP contribution in [0.3, 0.4) is 0 Å². The molecule has 0 saturated heterocycles. The minimum atomic E-state index is -0.321. The van der Waals surface area contributed by atoms with Crippen molar-refractivity contribution in [3.63, 3.8) is 0 Å². The van der Waals surface area contributed by atoms with Crippen molar-refractivity contribution < 1.29 is 0 Å². The summed E-state index contributed by atoms with van der Waals surface area (Å²) >= 11 is 2.04. The quantitative estimate of drug-likeness (QED) is 0.159. The van der Waals surface area contributed by atoms with E-state index in [0.29, 0.717) is 0 Å². The number of thiophene rings is 1. The van der Waals surface area contributed by atoms with Crippen LogP contribution < -0.4 is 26.2 Å². The minimum Gasteiger partial charge on any atom is -0.310 e. The van der Waals surface area contributed by atoms with E-state index < -0.39 is 0 Å². The Hall–Kier alpha value is -5.84. The fourth-order valence-corrected chi connectivity index (χ4v) is 15.5. The van der Waals surface area contributed by atoms with Crippen molar-refractivity contribution in [2.24, 2.45) is 0 Å². The lowest BCUT2D eigenvalue weighted by Gasteiger charge is -2.46. The van der Waals surface area contributed by atoms with Gasteiger partial charge >= 0.3 is 0 Å². The topological polar surface area (TPSA) is 6.48 Å². The van der Waals surface area contributed by atoms with Gasteiger partial charge in [0.2, 0.25) is 0 Å². The molecule has 4 heteroatoms. The Kier molecular flexibility index (Phi) is 10.2. The number of benzene rings is 7. The van der Waals surface area contributed by atoms with Gasteiger partial charge in [0.25, 0.3) is 6.71 Å². The van der Waals surface area contributed by atoms with E-state index in [9.17, 15) is 0 Å². The molecule has 0 radical (unpaired) electrons. The number of hydrogen-bond acceptors (Lipinski definition) is 3. The molecular formula is C71H77BN2S. The van der Waals surface area contributed by atoms with E-state index in [4.69, 9.17) is 0 Å². The van der Waals surface area contributed by atoms with Crippen molar-refractivity contribution in [3.05, 3.63) is 172 Å². The van der Waals surface area contributed by atoms with Gasteiger partial charge in [-0.05, 0) is 190 Å². The van der Waals surface area contributed by atoms with Gasteiger partial charge in [-0.2, -0.15) is 0 Å². The molecule has 7 aromatic carbocycles. The maximum atomic E-state index is 2.77. The third kappa shape index (κ3) is 7.16. The molecule has 0 atom stereocenters. The summed E-state index contributed by atoms with van der Waals surface area (Å²) in [6.07, 6.45) is 4.74. The van der Waals surface area contributed by atoms with E-state index in [1.807, 2.05) is 11.3 Å². The van der Waals surface area contributed by atoms with E-state index in [1.165, 1.54) is 152 Å². The molecule has 1 aromatic heterocycles. The zero-order valence-electron chi connectivity index (χ0n) is 47.8. The molecule has 4 aliphatic heterocycles. The summed E-state index contributed by atoms with van der Waals surface area (Å²) in [4.78, 5) is 5.53. The summed E-state index contributed by atoms with van der Waals surface area (Å²) in [7, 11) is 0. The first-order chi connectivity index (χ1) is 35.2. The molecular weight excluding hydrogens is 924 g/mol. The number of rotatable bonds is 2. The Morgan fingerprint density at radius 2 is 1.00 bits per heavy atom. The average Bonchev–Trinajstić information content (AvgIpc) is 3.80. The standard InChI is InChI=1S/C71H77BN2S/c1-65(2,3)45-26-29-56-57(36-45)74-59-38-47(71(15,16)44-24-22-43(23-25-44)50-35-46(66(4,5)6)34-49(63(50)74)42-20-18-17-19-21-42)37-58-62(59)72(56)61-51-40-54-55(70(13,14)33-32-69(54,11)12)41-60(51)75-64(61)73(58)48-27-28-52-53(39-48)68(9,10)31-30-67(52,7)8/h17-29,34-41H,30-33H2,1-16H3. The van der Waals surface area contributed by atoms with Crippen LogP contribution >= 0.6 is 11.3 Å². The molecule has 14 rings (SSSR count). The summed E-state index contributed by atoms with van der Waals surface area (Å²) in [5.74, 6) is 0. The van der Waals surface area contributed by atoms with E-state index in [0.717, 1.165) is 0 Å². The van der Waals surface area contributed by atoms with Crippen LogP contribution in [0.5, 0.6) is 0 Å². The summed E-state index contributed by atoms with van der Waals surface area (Å²) < 4.78 is 1.40. The third-order valence-electron chi connectivity index (χ3n) is 19.5. The number of nitrogens with zero attached hydrogens (tertiary/aromatic N) is 2. The van der Waals surface area contributed by atoms with Crippen molar-refractivity contribution in [1.82, 2.24) is 0 Å². The van der Waals surface area contributed by atoms with Crippen LogP contribution in [-0.4, -0.2) is 6.71 Å². The summed E-state index contributed by atoms with van der Waals surface area (Å²) in [6, 6.07) is 51.9. The van der Waals surface area contributed by atoms with Crippen molar-refractivity contribution in [2.45, 2.75) is 174 Å². The molecule has 2 aliphatic carbocycles. The summed E-state index contributed by atoms with van der Waals surface area (Å²) in [6.45, 7) is 39.0. The van der Waals surface area contributed by atoms with Crippen LogP contribution in [0.4, 0.5) is 33.4 Å². The van der Waals surface area contributed by atoms with E-state index >= 15 is 0 Å². The van der Waals surface area contributed by atoms with Gasteiger partial charge < -0.3 is 9.80 Å². The smallest absolute Gasteiger partial charge is 0.254 e. The Bertz CT molecular complexity index is 3710. The van der Waals surface area contributed by atoms with Gasteiger partial charge in [-0.1, -0.05) is 184 Å². The zero-order valence-corrected chi connectivity index (χ0v) is 48.6. The fourth-order valence-electron chi connectivity index (χ4n) is 14.2. The Balaban J connectivity index is 1.23. The first kappa shape index (κ1) is 48.8. The number of fused-ring (bicyclic) bond motifs is 10. The highest BCUT2D eigenvalue weighted by molar-refractivity contribution is 7.26. The third-order valence-corrected chi connectivity index (χ3v) is 20.7. The van der Waals surface area contributed by atoms with Crippen molar-refractivity contribution in [3.8, 4) is 22.3 Å². The number of anilines is 6. The van der Waals surface area contributed by atoms with Crippen LogP contribution in [0, 0.1) is 0 Å². The SMILES string of the molecule is CC(C)(C)c1cc(-c2ccccc2)c2c(c1)-c1ccc(cc1)C(C)(C)c1cc3c4c(c1)N2c1cc(C(C)(C)C)ccc1B4c1c(sc2cc4c(cc12)C(C)(C)CCC4(C)C)N3c1ccc2c(c1)C(C)(C)CCC2(C)C. The molecule has 0 N–H and O–H groups in total. The van der Waals surface area contributed by atoms with Gasteiger partial charge in [0, 0.05) is 44.0 Å². The first-order valence-electron chi connectivity index (χ1n) is 28.2. The average molecular weight is 1000 g/mol. The predicted octanol–water partition coefficient (Wildman–Crippen LogP) is 18.3. The molecule has 0 amide bonds. The normalized spacial score (nSPS) is 18.9. The second kappa shape index (κ2) is 15.7. The summed E-state index contributed by atoms with van der Waals surface area (Å²) in [5.41, 5.74) is 26.8. The second-order valence-corrected chi connectivity index (χ2v) is 29.8. The first-order valence-corrected chi connectivity index (χ1v) is 29.0. The monoisotopic (exact) mass is 1000 g/mol.